The first kappa shape index (κ1) is 18.2. The van der Waals surface area contributed by atoms with Crippen molar-refractivity contribution in [1.29, 1.82) is 0 Å². The summed E-state index contributed by atoms with van der Waals surface area (Å²) in [4.78, 5) is 13.6. The molecule has 0 saturated carbocycles. The van der Waals surface area contributed by atoms with Gasteiger partial charge in [0.2, 0.25) is 0 Å². The van der Waals surface area contributed by atoms with E-state index in [2.05, 4.69) is 10.3 Å². The fourth-order valence-electron chi connectivity index (χ4n) is 3.42. The normalized spacial score (nSPS) is 17.0. The van der Waals surface area contributed by atoms with Gasteiger partial charge in [-0.15, -0.1) is 0 Å². The Kier molecular flexibility index (Phi) is 4.59. The van der Waals surface area contributed by atoms with Crippen molar-refractivity contribution in [1.82, 2.24) is 14.7 Å². The third-order valence-electron chi connectivity index (χ3n) is 4.83. The molecule has 0 spiro atoms. The second-order valence-electron chi connectivity index (χ2n) is 6.81. The van der Waals surface area contributed by atoms with Crippen LogP contribution in [0, 0.1) is 0 Å². The van der Waals surface area contributed by atoms with Gasteiger partial charge in [-0.1, -0.05) is 11.2 Å². The van der Waals surface area contributed by atoms with Gasteiger partial charge in [0.25, 0.3) is 0 Å². The number of aryl methyl sites for hydroxylation is 2. The van der Waals surface area contributed by atoms with Gasteiger partial charge in [0.1, 0.15) is 23.2 Å². The van der Waals surface area contributed by atoms with Crippen LogP contribution in [0.5, 0.6) is 11.5 Å². The largest absolute Gasteiger partial charge is 0.535 e. The highest BCUT2D eigenvalue weighted by Gasteiger charge is 2.35. The summed E-state index contributed by atoms with van der Waals surface area (Å²) in [6.07, 6.45) is 4.01. The van der Waals surface area contributed by atoms with Gasteiger partial charge in [0, 0.05) is 13.2 Å². The lowest BCUT2D eigenvalue weighted by Crippen LogP contribution is -2.56. The van der Waals surface area contributed by atoms with E-state index in [-0.39, 0.29) is 23.2 Å². The number of aromatic nitrogens is 2. The molecule has 2 aromatic rings. The Morgan fingerprint density at radius 1 is 1.43 bits per heavy atom. The molecule has 0 bridgehead atoms. The zero-order valence-electron chi connectivity index (χ0n) is 15.1. The van der Waals surface area contributed by atoms with E-state index in [1.807, 2.05) is 0 Å². The molecule has 146 valence electrons. The summed E-state index contributed by atoms with van der Waals surface area (Å²) in [6.45, 7) is 0.849. The summed E-state index contributed by atoms with van der Waals surface area (Å²) in [5.41, 5.74) is 1.32. The Bertz CT molecular complexity index is 940. The van der Waals surface area contributed by atoms with Crippen molar-refractivity contribution >= 4 is 18.9 Å². The Hall–Kier alpha value is -3.21. The topological polar surface area (TPSA) is 130 Å². The minimum Gasteiger partial charge on any atom is -0.535 e. The van der Waals surface area contributed by atoms with Crippen LogP contribution in [0.25, 0.3) is 0 Å². The van der Waals surface area contributed by atoms with E-state index in [1.165, 1.54) is 0 Å². The number of amidine groups is 1. The van der Waals surface area contributed by atoms with E-state index in [4.69, 9.17) is 9.39 Å². The molecule has 3 heterocycles. The Morgan fingerprint density at radius 2 is 2.21 bits per heavy atom. The highest BCUT2D eigenvalue weighted by atomic mass is 16.5. The number of nitrogens with zero attached hydrogens (tertiary/aromatic N) is 4. The van der Waals surface area contributed by atoms with Crippen LogP contribution in [0.4, 0.5) is 0 Å². The standard InChI is InChI=1S/C17H19BN4O6/c1-21-7-11(6-19-21)16(20-26)22-8-12(9-22)27-13-3-2-10-4-5-18(25)28-15(10)14(13)17(23)24/h2-3,6-7,12,25-26H,4-5,8-9H2,1H3,(H,23,24)/b20-16+. The number of hydrogen-bond acceptors (Lipinski definition) is 7. The first-order valence-corrected chi connectivity index (χ1v) is 8.83. The summed E-state index contributed by atoms with van der Waals surface area (Å²) in [5, 5.41) is 36.1. The lowest BCUT2D eigenvalue weighted by Gasteiger charge is -2.40. The van der Waals surface area contributed by atoms with Gasteiger partial charge < -0.3 is 29.6 Å². The predicted molar refractivity (Wildman–Crippen MR) is 98.0 cm³/mol. The maximum atomic E-state index is 11.8. The van der Waals surface area contributed by atoms with Crippen LogP contribution in [-0.4, -0.2) is 68.1 Å². The number of benzene rings is 1. The number of ether oxygens (including phenoxy) is 1. The molecule has 1 aromatic carbocycles. The lowest BCUT2D eigenvalue weighted by atomic mass is 9.78. The second kappa shape index (κ2) is 7.08. The van der Waals surface area contributed by atoms with Crippen LogP contribution in [-0.2, 0) is 13.5 Å². The number of fused-ring (bicyclic) bond motifs is 1. The van der Waals surface area contributed by atoms with Gasteiger partial charge >= 0.3 is 13.1 Å². The molecule has 1 saturated heterocycles. The van der Waals surface area contributed by atoms with Crippen LogP contribution in [0.2, 0.25) is 6.32 Å². The van der Waals surface area contributed by atoms with E-state index in [1.54, 1.807) is 41.2 Å². The number of hydrogen-bond donors (Lipinski definition) is 3. The number of carboxylic acid groups (broad SMARTS) is 1. The summed E-state index contributed by atoms with van der Waals surface area (Å²) in [7, 11) is 0.742. The van der Waals surface area contributed by atoms with Crippen molar-refractivity contribution in [3.63, 3.8) is 0 Å². The first-order chi connectivity index (χ1) is 13.5. The predicted octanol–water partition coefficient (Wildman–Crippen LogP) is 0.433. The van der Waals surface area contributed by atoms with Crippen molar-refractivity contribution in [2.45, 2.75) is 18.8 Å². The molecule has 2 aliphatic heterocycles. The van der Waals surface area contributed by atoms with Gasteiger partial charge in [-0.2, -0.15) is 5.10 Å². The number of likely N-dealkylation sites (tertiary alicyclic amines) is 1. The molecule has 0 radical (unpaired) electrons. The Morgan fingerprint density at radius 3 is 2.86 bits per heavy atom. The first-order valence-electron chi connectivity index (χ1n) is 8.83. The van der Waals surface area contributed by atoms with Crippen molar-refractivity contribution in [2.75, 3.05) is 13.1 Å². The van der Waals surface area contributed by atoms with Gasteiger partial charge in [-0.25, -0.2) is 4.79 Å². The highest BCUT2D eigenvalue weighted by molar-refractivity contribution is 6.44. The number of aromatic carboxylic acids is 1. The molecule has 0 aliphatic carbocycles. The molecule has 11 heteroatoms. The monoisotopic (exact) mass is 386 g/mol. The molecule has 0 atom stereocenters. The third kappa shape index (κ3) is 3.24. The number of carbonyl (C=O) groups is 1. The molecule has 10 nitrogen and oxygen atoms in total. The highest BCUT2D eigenvalue weighted by Crippen LogP contribution is 2.37. The van der Waals surface area contributed by atoms with E-state index in [0.29, 0.717) is 37.2 Å². The fraction of sp³-hybridized carbons (Fsp3) is 0.353. The molecule has 4 rings (SSSR count). The molecule has 1 fully saturated rings. The molecular formula is C17H19BN4O6. The van der Waals surface area contributed by atoms with Gasteiger partial charge in [0.15, 0.2) is 5.84 Å². The van der Waals surface area contributed by atoms with E-state index in [9.17, 15) is 20.1 Å². The van der Waals surface area contributed by atoms with Crippen molar-refractivity contribution in [3.05, 3.63) is 41.2 Å². The molecule has 28 heavy (non-hydrogen) atoms. The van der Waals surface area contributed by atoms with Crippen LogP contribution in [0.15, 0.2) is 29.7 Å². The SMILES string of the molecule is Cn1cc(/C(=N\O)N2CC(Oc3ccc4c(c3C(=O)O)OB(O)CC4)C2)cn1. The molecule has 2 aliphatic rings. The minimum atomic E-state index is -1.18. The number of rotatable bonds is 4. The zero-order valence-corrected chi connectivity index (χ0v) is 15.1. The van der Waals surface area contributed by atoms with E-state index in [0.717, 1.165) is 5.56 Å². The summed E-state index contributed by atoms with van der Waals surface area (Å²) >= 11 is 0. The van der Waals surface area contributed by atoms with Crippen LogP contribution in [0.1, 0.15) is 21.5 Å². The van der Waals surface area contributed by atoms with Crippen molar-refractivity contribution in [2.24, 2.45) is 12.2 Å². The Labute approximate surface area is 160 Å². The minimum absolute atomic E-state index is 0.0852. The van der Waals surface area contributed by atoms with Gasteiger partial charge in [0.05, 0.1) is 24.8 Å². The second-order valence-corrected chi connectivity index (χ2v) is 6.81. The zero-order chi connectivity index (χ0) is 19.8. The van der Waals surface area contributed by atoms with E-state index >= 15 is 0 Å². The van der Waals surface area contributed by atoms with Gasteiger partial charge in [-0.05, 0) is 24.4 Å². The summed E-state index contributed by atoms with van der Waals surface area (Å²) in [6, 6.07) is 3.38. The summed E-state index contributed by atoms with van der Waals surface area (Å²) < 4.78 is 12.8. The fourth-order valence-corrected chi connectivity index (χ4v) is 3.42. The molecular weight excluding hydrogens is 367 g/mol. The molecule has 1 aromatic heterocycles. The quantitative estimate of drug-likeness (QED) is 0.227. The third-order valence-corrected chi connectivity index (χ3v) is 4.83. The smallest absolute Gasteiger partial charge is 0.522 e. The van der Waals surface area contributed by atoms with Gasteiger partial charge in [-0.3, -0.25) is 4.68 Å². The number of oxime groups is 1. The van der Waals surface area contributed by atoms with Crippen LogP contribution >= 0.6 is 0 Å². The van der Waals surface area contributed by atoms with Crippen molar-refractivity contribution in [3.8, 4) is 11.5 Å². The summed E-state index contributed by atoms with van der Waals surface area (Å²) in [5.74, 6) is -0.449. The maximum Gasteiger partial charge on any atom is 0.522 e. The number of carboxylic acids is 1. The molecule has 0 amide bonds. The molecule has 0 unspecified atom stereocenters. The lowest BCUT2D eigenvalue weighted by molar-refractivity contribution is 0.0588. The van der Waals surface area contributed by atoms with E-state index < -0.39 is 13.1 Å². The average Bonchev–Trinajstić information content (AvgIpc) is 3.05. The van der Waals surface area contributed by atoms with Crippen LogP contribution in [0.3, 0.4) is 0 Å². The maximum absolute atomic E-state index is 11.8. The van der Waals surface area contributed by atoms with Crippen LogP contribution < -0.4 is 9.39 Å². The average molecular weight is 386 g/mol. The molecule has 3 N–H and O–H groups in total. The Balaban J connectivity index is 1.49. The van der Waals surface area contributed by atoms with Crippen molar-refractivity contribution < 1.29 is 29.5 Å².